The van der Waals surface area contributed by atoms with Gasteiger partial charge in [0.1, 0.15) is 0 Å². The van der Waals surface area contributed by atoms with Gasteiger partial charge in [-0.25, -0.2) is 0 Å². The number of hydrogen-bond donors (Lipinski definition) is 2. The molecule has 0 aromatic carbocycles. The van der Waals surface area contributed by atoms with E-state index in [-0.39, 0.29) is 12.8 Å². The van der Waals surface area contributed by atoms with Gasteiger partial charge < -0.3 is 10.2 Å². The summed E-state index contributed by atoms with van der Waals surface area (Å²) in [4.78, 5) is 22.3. The Morgan fingerprint density at radius 1 is 1.11 bits per heavy atom. The Kier molecular flexibility index (Phi) is 7.76. The SMILES string of the molecule is C=CCC(CC=CCCCCC)(C(=O)O)C(=O)O. The number of rotatable bonds is 10. The molecule has 0 aliphatic heterocycles. The van der Waals surface area contributed by atoms with Crippen LogP contribution >= 0.6 is 0 Å². The lowest BCUT2D eigenvalue weighted by molar-refractivity contribution is -0.164. The first kappa shape index (κ1) is 16.4. The quantitative estimate of drug-likeness (QED) is 0.356. The molecule has 0 aliphatic rings. The van der Waals surface area contributed by atoms with Crippen molar-refractivity contribution in [2.24, 2.45) is 5.41 Å². The van der Waals surface area contributed by atoms with Gasteiger partial charge in [0.05, 0.1) is 0 Å². The minimum atomic E-state index is -1.77. The third-order valence-corrected chi connectivity index (χ3v) is 2.92. The molecular formula is C14H22O4. The molecule has 0 spiro atoms. The molecule has 0 saturated carbocycles. The largest absolute Gasteiger partial charge is 0.480 e. The van der Waals surface area contributed by atoms with Crippen molar-refractivity contribution in [1.29, 1.82) is 0 Å². The van der Waals surface area contributed by atoms with Crippen LogP contribution in [0, 0.1) is 5.41 Å². The molecule has 102 valence electrons. The summed E-state index contributed by atoms with van der Waals surface area (Å²) >= 11 is 0. The van der Waals surface area contributed by atoms with E-state index in [1.807, 2.05) is 6.08 Å². The highest BCUT2D eigenvalue weighted by molar-refractivity contribution is 5.98. The Hall–Kier alpha value is -1.58. The zero-order chi connectivity index (χ0) is 14.0. The van der Waals surface area contributed by atoms with Crippen LogP contribution in [0.4, 0.5) is 0 Å². The molecule has 18 heavy (non-hydrogen) atoms. The van der Waals surface area contributed by atoms with Crippen LogP contribution in [0.5, 0.6) is 0 Å². The molecule has 0 atom stereocenters. The molecule has 0 saturated heterocycles. The van der Waals surface area contributed by atoms with Gasteiger partial charge in [-0.1, -0.05) is 38.0 Å². The summed E-state index contributed by atoms with van der Waals surface area (Å²) in [5.41, 5.74) is -1.77. The lowest BCUT2D eigenvalue weighted by Gasteiger charge is -2.21. The normalized spacial score (nSPS) is 11.6. The van der Waals surface area contributed by atoms with Crippen molar-refractivity contribution in [1.82, 2.24) is 0 Å². The summed E-state index contributed by atoms with van der Waals surface area (Å²) in [6, 6.07) is 0. The average Bonchev–Trinajstić information content (AvgIpc) is 2.31. The minimum Gasteiger partial charge on any atom is -0.480 e. The maximum Gasteiger partial charge on any atom is 0.321 e. The number of carboxylic acid groups (broad SMARTS) is 2. The first-order valence-corrected chi connectivity index (χ1v) is 6.24. The van der Waals surface area contributed by atoms with E-state index in [2.05, 4.69) is 13.5 Å². The van der Waals surface area contributed by atoms with Crippen molar-refractivity contribution in [2.75, 3.05) is 0 Å². The van der Waals surface area contributed by atoms with Gasteiger partial charge in [0.15, 0.2) is 5.41 Å². The predicted molar refractivity (Wildman–Crippen MR) is 70.4 cm³/mol. The lowest BCUT2D eigenvalue weighted by Crippen LogP contribution is -2.38. The first-order chi connectivity index (χ1) is 8.51. The number of aliphatic carboxylic acids is 2. The van der Waals surface area contributed by atoms with E-state index in [9.17, 15) is 9.59 Å². The maximum atomic E-state index is 11.2. The zero-order valence-electron chi connectivity index (χ0n) is 10.9. The predicted octanol–water partition coefficient (Wildman–Crippen LogP) is 3.24. The molecule has 0 aromatic rings. The monoisotopic (exact) mass is 254 g/mol. The second-order valence-corrected chi connectivity index (χ2v) is 4.36. The lowest BCUT2D eigenvalue weighted by atomic mass is 9.81. The second-order valence-electron chi connectivity index (χ2n) is 4.36. The van der Waals surface area contributed by atoms with Gasteiger partial charge in [-0.3, -0.25) is 9.59 Å². The van der Waals surface area contributed by atoms with Crippen molar-refractivity contribution in [3.05, 3.63) is 24.8 Å². The molecule has 0 amide bonds. The summed E-state index contributed by atoms with van der Waals surface area (Å²) in [5, 5.41) is 18.2. The molecule has 2 N–H and O–H groups in total. The summed E-state index contributed by atoms with van der Waals surface area (Å²) in [6.07, 6.45) is 8.93. The van der Waals surface area contributed by atoms with E-state index < -0.39 is 17.4 Å². The van der Waals surface area contributed by atoms with E-state index >= 15 is 0 Å². The Balaban J connectivity index is 4.55. The second kappa shape index (κ2) is 8.50. The molecule has 0 bridgehead atoms. The van der Waals surface area contributed by atoms with Crippen molar-refractivity contribution in [3.63, 3.8) is 0 Å². The van der Waals surface area contributed by atoms with Crippen LogP contribution in [0.25, 0.3) is 0 Å². The first-order valence-electron chi connectivity index (χ1n) is 6.24. The summed E-state index contributed by atoms with van der Waals surface area (Å²) in [7, 11) is 0. The smallest absolute Gasteiger partial charge is 0.321 e. The number of hydrogen-bond acceptors (Lipinski definition) is 2. The van der Waals surface area contributed by atoms with E-state index in [4.69, 9.17) is 10.2 Å². The highest BCUT2D eigenvalue weighted by atomic mass is 16.4. The van der Waals surface area contributed by atoms with Crippen LogP contribution < -0.4 is 0 Å². The Labute approximate surface area is 108 Å². The van der Waals surface area contributed by atoms with Crippen LogP contribution in [0.15, 0.2) is 24.8 Å². The molecule has 0 aliphatic carbocycles. The fourth-order valence-electron chi connectivity index (χ4n) is 1.69. The molecule has 0 fully saturated rings. The summed E-state index contributed by atoms with van der Waals surface area (Å²) in [6.45, 7) is 5.53. The topological polar surface area (TPSA) is 74.6 Å². The standard InChI is InChI=1S/C14H22O4/c1-3-5-6-7-8-9-11-14(10-4-2,12(15)16)13(17)18/h4,8-9H,2-3,5-7,10-11H2,1H3,(H,15,16)(H,17,18). The van der Waals surface area contributed by atoms with Crippen molar-refractivity contribution in [2.45, 2.75) is 45.4 Å². The van der Waals surface area contributed by atoms with Crippen LogP contribution in [0.1, 0.15) is 45.4 Å². The molecule has 4 nitrogen and oxygen atoms in total. The number of carboxylic acids is 2. The Morgan fingerprint density at radius 3 is 2.17 bits per heavy atom. The molecule has 0 rings (SSSR count). The highest BCUT2D eigenvalue weighted by Crippen LogP contribution is 2.29. The van der Waals surface area contributed by atoms with Crippen LogP contribution in [-0.4, -0.2) is 22.2 Å². The van der Waals surface area contributed by atoms with Crippen molar-refractivity contribution < 1.29 is 19.8 Å². The Morgan fingerprint density at radius 2 is 1.72 bits per heavy atom. The minimum absolute atomic E-state index is 0.00416. The van der Waals surface area contributed by atoms with E-state index in [0.717, 1.165) is 25.7 Å². The highest BCUT2D eigenvalue weighted by Gasteiger charge is 2.44. The van der Waals surface area contributed by atoms with Crippen LogP contribution in [-0.2, 0) is 9.59 Å². The van der Waals surface area contributed by atoms with Gasteiger partial charge >= 0.3 is 11.9 Å². The number of unbranched alkanes of at least 4 members (excludes halogenated alkanes) is 3. The molecule has 0 unspecified atom stereocenters. The Bertz CT molecular complexity index is 304. The zero-order valence-corrected chi connectivity index (χ0v) is 10.9. The maximum absolute atomic E-state index is 11.2. The van der Waals surface area contributed by atoms with Gasteiger partial charge in [0.2, 0.25) is 0 Å². The van der Waals surface area contributed by atoms with Gasteiger partial charge in [-0.05, 0) is 25.7 Å². The van der Waals surface area contributed by atoms with Gasteiger partial charge in [0.25, 0.3) is 0 Å². The molecule has 0 heterocycles. The van der Waals surface area contributed by atoms with Gasteiger partial charge in [-0.2, -0.15) is 0 Å². The summed E-state index contributed by atoms with van der Waals surface area (Å²) < 4.78 is 0. The average molecular weight is 254 g/mol. The molecule has 0 radical (unpaired) electrons. The van der Waals surface area contributed by atoms with Gasteiger partial charge in [-0.15, -0.1) is 6.58 Å². The van der Waals surface area contributed by atoms with Crippen molar-refractivity contribution in [3.8, 4) is 0 Å². The van der Waals surface area contributed by atoms with Crippen molar-refractivity contribution >= 4 is 11.9 Å². The van der Waals surface area contributed by atoms with Gasteiger partial charge in [0, 0.05) is 0 Å². The third kappa shape index (κ3) is 4.73. The fourth-order valence-corrected chi connectivity index (χ4v) is 1.69. The molecular weight excluding hydrogens is 232 g/mol. The third-order valence-electron chi connectivity index (χ3n) is 2.92. The van der Waals surface area contributed by atoms with Crippen LogP contribution in [0.2, 0.25) is 0 Å². The molecule has 0 aromatic heterocycles. The summed E-state index contributed by atoms with van der Waals surface area (Å²) in [5.74, 6) is -2.62. The number of allylic oxidation sites excluding steroid dienone is 3. The van der Waals surface area contributed by atoms with E-state index in [1.54, 1.807) is 6.08 Å². The van der Waals surface area contributed by atoms with Crippen LogP contribution in [0.3, 0.4) is 0 Å². The molecule has 4 heteroatoms. The number of carbonyl (C=O) groups is 2. The van der Waals surface area contributed by atoms with E-state index in [0.29, 0.717) is 0 Å². The fraction of sp³-hybridized carbons (Fsp3) is 0.571. The van der Waals surface area contributed by atoms with E-state index in [1.165, 1.54) is 6.08 Å².